The van der Waals surface area contributed by atoms with E-state index in [0.717, 1.165) is 23.5 Å². The summed E-state index contributed by atoms with van der Waals surface area (Å²) in [6.45, 7) is 3.85. The smallest absolute Gasteiger partial charge is 0.341 e. The summed E-state index contributed by atoms with van der Waals surface area (Å²) in [4.78, 5) is 29.0. The molecule has 7 nitrogen and oxygen atoms in total. The molecule has 3 aromatic rings. The quantitative estimate of drug-likeness (QED) is 0.492. The molecule has 2 heterocycles. The number of carbonyl (C=O) groups is 2. The minimum atomic E-state index is -3.35. The van der Waals surface area contributed by atoms with Crippen molar-refractivity contribution in [2.75, 3.05) is 24.7 Å². The number of methoxy groups -OCH3 is 1. The van der Waals surface area contributed by atoms with Gasteiger partial charge >= 0.3 is 5.97 Å². The van der Waals surface area contributed by atoms with Gasteiger partial charge in [-0.05, 0) is 41.8 Å². The van der Waals surface area contributed by atoms with Crippen molar-refractivity contribution in [3.63, 3.8) is 0 Å². The van der Waals surface area contributed by atoms with Gasteiger partial charge in [0.15, 0.2) is 9.84 Å². The Hall–Kier alpha value is -3.01. The van der Waals surface area contributed by atoms with Gasteiger partial charge in [-0.2, -0.15) is 0 Å². The lowest BCUT2D eigenvalue weighted by Gasteiger charge is -2.27. The molecule has 0 saturated carbocycles. The second kappa shape index (κ2) is 10.1. The van der Waals surface area contributed by atoms with Crippen molar-refractivity contribution in [1.82, 2.24) is 4.90 Å². The average Bonchev–Trinajstić information content (AvgIpc) is 3.21. The zero-order valence-corrected chi connectivity index (χ0v) is 20.7. The zero-order valence-electron chi connectivity index (χ0n) is 19.0. The lowest BCUT2D eigenvalue weighted by atomic mass is 10.0. The van der Waals surface area contributed by atoms with E-state index in [1.807, 2.05) is 18.2 Å². The molecule has 0 bridgehead atoms. The van der Waals surface area contributed by atoms with Gasteiger partial charge in [0, 0.05) is 30.1 Å². The summed E-state index contributed by atoms with van der Waals surface area (Å²) < 4.78 is 29.1. The van der Waals surface area contributed by atoms with Gasteiger partial charge in [0.1, 0.15) is 5.00 Å². The molecule has 0 fully saturated rings. The van der Waals surface area contributed by atoms with E-state index in [-0.39, 0.29) is 10.6 Å². The number of hydrogen-bond acceptors (Lipinski definition) is 7. The summed E-state index contributed by atoms with van der Waals surface area (Å²) in [5.41, 5.74) is 2.85. The highest BCUT2D eigenvalue weighted by atomic mass is 32.2. The number of sulfone groups is 1. The van der Waals surface area contributed by atoms with E-state index >= 15 is 0 Å². The fourth-order valence-electron chi connectivity index (χ4n) is 3.99. The number of fused-ring (bicyclic) bond motifs is 1. The first-order valence-electron chi connectivity index (χ1n) is 11.0. The molecule has 0 radical (unpaired) electrons. The van der Waals surface area contributed by atoms with Crippen molar-refractivity contribution in [2.24, 2.45) is 0 Å². The number of ether oxygens (including phenoxy) is 1. The molecule has 2 aromatic carbocycles. The third-order valence-electron chi connectivity index (χ3n) is 5.86. The zero-order chi connectivity index (χ0) is 24.3. The van der Waals surface area contributed by atoms with Crippen LogP contribution in [0.15, 0.2) is 59.5 Å². The molecule has 178 valence electrons. The van der Waals surface area contributed by atoms with Gasteiger partial charge in [-0.25, -0.2) is 13.2 Å². The molecule has 4 rings (SSSR count). The largest absolute Gasteiger partial charge is 0.465 e. The first-order chi connectivity index (χ1) is 16.3. The molecule has 1 aromatic heterocycles. The van der Waals surface area contributed by atoms with Gasteiger partial charge < -0.3 is 10.1 Å². The number of nitrogens with one attached hydrogen (secondary N) is 1. The predicted molar refractivity (Wildman–Crippen MR) is 132 cm³/mol. The van der Waals surface area contributed by atoms with Crippen LogP contribution in [-0.2, 0) is 34.1 Å². The summed E-state index contributed by atoms with van der Waals surface area (Å²) >= 11 is 1.38. The second-order valence-electron chi connectivity index (χ2n) is 8.03. The first-order valence-corrected chi connectivity index (χ1v) is 13.4. The van der Waals surface area contributed by atoms with E-state index in [4.69, 9.17) is 4.74 Å². The van der Waals surface area contributed by atoms with Crippen LogP contribution >= 0.6 is 11.3 Å². The van der Waals surface area contributed by atoms with Crippen LogP contribution in [0.3, 0.4) is 0 Å². The van der Waals surface area contributed by atoms with Crippen LogP contribution in [-0.4, -0.2) is 44.6 Å². The second-order valence-corrected chi connectivity index (χ2v) is 11.4. The number of esters is 1. The SMILES string of the molecule is CCS(=O)(=O)c1ccc(C(=O)Nc2sc3c(c2C(=O)OC)CCN(Cc2ccccc2)C3)cc1. The molecule has 34 heavy (non-hydrogen) atoms. The first kappa shape index (κ1) is 24.1. The Labute approximate surface area is 203 Å². The third-order valence-corrected chi connectivity index (χ3v) is 8.74. The molecule has 1 aliphatic rings. The lowest BCUT2D eigenvalue weighted by Crippen LogP contribution is -2.29. The van der Waals surface area contributed by atoms with Crippen LogP contribution in [0.2, 0.25) is 0 Å². The number of rotatable bonds is 7. The minimum Gasteiger partial charge on any atom is -0.465 e. The molecule has 1 N–H and O–H groups in total. The Morgan fingerprint density at radius 3 is 2.44 bits per heavy atom. The number of hydrogen-bond donors (Lipinski definition) is 1. The van der Waals surface area contributed by atoms with Gasteiger partial charge in [-0.1, -0.05) is 37.3 Å². The van der Waals surface area contributed by atoms with Crippen molar-refractivity contribution in [3.05, 3.63) is 81.7 Å². The Kier molecular flexibility index (Phi) is 7.16. The van der Waals surface area contributed by atoms with E-state index < -0.39 is 21.7 Å². The maximum Gasteiger partial charge on any atom is 0.341 e. The van der Waals surface area contributed by atoms with Gasteiger partial charge in [0.25, 0.3) is 5.91 Å². The standard InChI is InChI=1S/C25H26N2O5S2/c1-3-34(30,31)19-11-9-18(10-12-19)23(28)26-24-22(25(29)32-2)20-13-14-27(16-21(20)33-24)15-17-7-5-4-6-8-17/h4-12H,3,13-16H2,1-2H3,(H,26,28). The summed E-state index contributed by atoms with van der Waals surface area (Å²) in [7, 11) is -2.02. The summed E-state index contributed by atoms with van der Waals surface area (Å²) in [6.07, 6.45) is 0.683. The Balaban J connectivity index is 1.56. The predicted octanol–water partition coefficient (Wildman–Crippen LogP) is 4.14. The maximum absolute atomic E-state index is 12.9. The molecule has 0 spiro atoms. The molecule has 0 atom stereocenters. The van der Waals surface area contributed by atoms with E-state index in [2.05, 4.69) is 22.3 Å². The van der Waals surface area contributed by atoms with Gasteiger partial charge in [-0.3, -0.25) is 9.69 Å². The maximum atomic E-state index is 12.9. The highest BCUT2D eigenvalue weighted by molar-refractivity contribution is 7.91. The highest BCUT2D eigenvalue weighted by Gasteiger charge is 2.29. The molecule has 0 aliphatic carbocycles. The lowest BCUT2D eigenvalue weighted by molar-refractivity contribution is 0.0600. The Morgan fingerprint density at radius 1 is 1.09 bits per heavy atom. The van der Waals surface area contributed by atoms with Crippen LogP contribution in [0, 0.1) is 0 Å². The van der Waals surface area contributed by atoms with E-state index in [1.54, 1.807) is 6.92 Å². The van der Waals surface area contributed by atoms with E-state index in [9.17, 15) is 18.0 Å². The van der Waals surface area contributed by atoms with Crippen LogP contribution in [0.5, 0.6) is 0 Å². The molecule has 0 saturated heterocycles. The molecular weight excluding hydrogens is 472 g/mol. The number of benzene rings is 2. The van der Waals surface area contributed by atoms with Crippen LogP contribution in [0.25, 0.3) is 0 Å². The van der Waals surface area contributed by atoms with Crippen molar-refractivity contribution < 1.29 is 22.7 Å². The number of nitrogens with zero attached hydrogens (tertiary/aromatic N) is 1. The summed E-state index contributed by atoms with van der Waals surface area (Å²) in [5.74, 6) is -0.901. The third kappa shape index (κ3) is 5.06. The normalized spacial score (nSPS) is 13.8. The number of carbonyl (C=O) groups excluding carboxylic acids is 2. The van der Waals surface area contributed by atoms with Gasteiger partial charge in [0.05, 0.1) is 23.3 Å². The van der Waals surface area contributed by atoms with Gasteiger partial charge in [0.2, 0.25) is 0 Å². The number of thiophene rings is 1. The molecular formula is C25H26N2O5S2. The van der Waals surface area contributed by atoms with Gasteiger partial charge in [-0.15, -0.1) is 11.3 Å². The van der Waals surface area contributed by atoms with Crippen molar-refractivity contribution in [1.29, 1.82) is 0 Å². The fourth-order valence-corrected chi connectivity index (χ4v) is 6.15. The monoisotopic (exact) mass is 498 g/mol. The van der Waals surface area contributed by atoms with Crippen molar-refractivity contribution in [3.8, 4) is 0 Å². The van der Waals surface area contributed by atoms with Crippen molar-refractivity contribution >= 4 is 38.1 Å². The number of anilines is 1. The van der Waals surface area contributed by atoms with E-state index in [1.165, 1.54) is 48.3 Å². The van der Waals surface area contributed by atoms with Crippen LogP contribution in [0.4, 0.5) is 5.00 Å². The van der Waals surface area contributed by atoms with Crippen LogP contribution < -0.4 is 5.32 Å². The number of amides is 1. The summed E-state index contributed by atoms with van der Waals surface area (Å²) in [6, 6.07) is 16.0. The highest BCUT2D eigenvalue weighted by Crippen LogP contribution is 2.38. The topological polar surface area (TPSA) is 92.8 Å². The van der Waals surface area contributed by atoms with E-state index in [0.29, 0.717) is 29.1 Å². The van der Waals surface area contributed by atoms with Crippen molar-refractivity contribution in [2.45, 2.75) is 31.3 Å². The average molecular weight is 499 g/mol. The van der Waals surface area contributed by atoms with Crippen LogP contribution in [0.1, 0.15) is 43.6 Å². The molecule has 1 aliphatic heterocycles. The molecule has 0 unspecified atom stereocenters. The molecule has 9 heteroatoms. The molecule has 1 amide bonds. The Bertz CT molecular complexity index is 1300. The fraction of sp³-hybridized carbons (Fsp3) is 0.280. The summed E-state index contributed by atoms with van der Waals surface area (Å²) in [5, 5.41) is 3.30. The Morgan fingerprint density at radius 2 is 1.79 bits per heavy atom. The minimum absolute atomic E-state index is 0.0108.